The maximum absolute atomic E-state index is 12.9. The van der Waals surface area contributed by atoms with Crippen LogP contribution in [-0.4, -0.2) is 41.0 Å². The summed E-state index contributed by atoms with van der Waals surface area (Å²) in [4.78, 5) is 51.0. The smallest absolute Gasteiger partial charge is 0.308 e. The number of urea groups is 4. The Hall–Kier alpha value is -7.35. The van der Waals surface area contributed by atoms with Crippen LogP contribution in [0.5, 0.6) is 0 Å². The van der Waals surface area contributed by atoms with E-state index in [-0.39, 0.29) is 21.2 Å². The van der Waals surface area contributed by atoms with Gasteiger partial charge in [-0.15, -0.1) is 0 Å². The van der Waals surface area contributed by atoms with Crippen LogP contribution in [0.1, 0.15) is 0 Å². The fourth-order valence-corrected chi connectivity index (χ4v) is 7.86. The zero-order valence-electron chi connectivity index (χ0n) is 30.5. The Morgan fingerprint density at radius 3 is 1.02 bits per heavy atom. The molecule has 0 spiro atoms. The zero-order valence-corrected chi connectivity index (χ0v) is 33.0. The molecular weight excluding hydrogens is 817 g/mol. The van der Waals surface area contributed by atoms with Crippen molar-refractivity contribution in [1.29, 1.82) is 0 Å². The van der Waals surface area contributed by atoms with Crippen molar-refractivity contribution in [1.82, 2.24) is 9.44 Å². The highest BCUT2D eigenvalue weighted by Gasteiger charge is 2.20. The molecule has 0 radical (unpaired) electrons. The third-order valence-corrected chi connectivity index (χ3v) is 11.5. The van der Waals surface area contributed by atoms with Gasteiger partial charge in [0.15, 0.2) is 0 Å². The number of amides is 8. The highest BCUT2D eigenvalue weighted by molar-refractivity contribution is 7.99. The molecule has 0 saturated carbocycles. The van der Waals surface area contributed by atoms with E-state index in [2.05, 4.69) is 31.9 Å². The van der Waals surface area contributed by atoms with Crippen molar-refractivity contribution in [3.63, 3.8) is 0 Å². The molecule has 0 aromatic heterocycles. The number of nitrogens with one attached hydrogen (secondary N) is 8. The monoisotopic (exact) mass is 850 g/mol. The maximum Gasteiger partial charge on any atom is 0.333 e. The summed E-state index contributed by atoms with van der Waals surface area (Å²) >= 11 is 1.35. The van der Waals surface area contributed by atoms with Crippen LogP contribution in [0.15, 0.2) is 177 Å². The highest BCUT2D eigenvalue weighted by Crippen LogP contribution is 2.30. The molecule has 0 atom stereocenters. The number of carbonyl (C=O) groups is 4. The number of anilines is 6. The molecule has 8 amide bonds. The predicted molar refractivity (Wildman–Crippen MR) is 227 cm³/mol. The van der Waals surface area contributed by atoms with Crippen molar-refractivity contribution in [3.8, 4) is 0 Å². The lowest BCUT2D eigenvalue weighted by atomic mass is 10.3. The SMILES string of the molecule is O=C(Nc1ccccc1)Nc1cccc(S(=O)(=O)NC(=O)Nc2ccc(Sc3ccc(NC(=O)NS(=O)(=O)c4cccc(NC(=O)Nc5ccccc5)c4)cc3)cc2)c1. The van der Waals surface area contributed by atoms with Crippen molar-refractivity contribution in [2.75, 3.05) is 31.9 Å². The molecule has 6 aromatic rings. The average Bonchev–Trinajstić information content (AvgIpc) is 3.20. The summed E-state index contributed by atoms with van der Waals surface area (Å²) in [6, 6.07) is 38.2. The Labute approximate surface area is 343 Å². The van der Waals surface area contributed by atoms with Gasteiger partial charge in [0.25, 0.3) is 20.0 Å². The standard InChI is InChI=1S/C40H34N8O8S3/c49-37(41-27-9-3-1-4-10-27)45-31-13-7-15-35(25-31)58(53,54)47-39(51)43-29-17-21-33(22-18-29)57-34-23-19-30(20-24-34)44-40(52)48-59(55,56)36-16-8-14-32(26-36)46-38(50)42-28-11-5-2-6-12-28/h1-26H,(H2,41,45,49)(H2,42,46,50)(H2,43,47,51)(H2,44,48,52). The van der Waals surface area contributed by atoms with Crippen molar-refractivity contribution >= 4 is 90.1 Å². The molecule has 8 N–H and O–H groups in total. The molecule has 0 bridgehead atoms. The Balaban J connectivity index is 0.960. The molecular formula is C40H34N8O8S3. The van der Waals surface area contributed by atoms with Crippen molar-refractivity contribution in [3.05, 3.63) is 158 Å². The fraction of sp³-hybridized carbons (Fsp3) is 0. The number of carbonyl (C=O) groups excluding carboxylic acids is 4. The molecule has 300 valence electrons. The summed E-state index contributed by atoms with van der Waals surface area (Å²) in [5.41, 5.74) is 2.10. The van der Waals surface area contributed by atoms with Gasteiger partial charge < -0.3 is 31.9 Å². The molecule has 0 unspecified atom stereocenters. The summed E-state index contributed by atoms with van der Waals surface area (Å²) < 4.78 is 55.7. The van der Waals surface area contributed by atoms with Gasteiger partial charge in [-0.1, -0.05) is 60.3 Å². The largest absolute Gasteiger partial charge is 0.333 e. The second kappa shape index (κ2) is 18.7. The van der Waals surface area contributed by atoms with Crippen LogP contribution < -0.4 is 41.3 Å². The minimum atomic E-state index is -4.30. The molecule has 0 saturated heterocycles. The van der Waals surface area contributed by atoms with E-state index in [1.807, 2.05) is 9.44 Å². The molecule has 6 rings (SSSR count). The van der Waals surface area contributed by atoms with E-state index in [4.69, 9.17) is 0 Å². The number of rotatable bonds is 12. The molecule has 16 nitrogen and oxygen atoms in total. The number of sulfonamides is 2. The third-order valence-electron chi connectivity index (χ3n) is 7.78. The summed E-state index contributed by atoms with van der Waals surface area (Å²) in [6.07, 6.45) is 0. The Morgan fingerprint density at radius 1 is 0.339 bits per heavy atom. The summed E-state index contributed by atoms with van der Waals surface area (Å²) in [5.74, 6) is 0. The van der Waals surface area contributed by atoms with E-state index >= 15 is 0 Å². The van der Waals surface area contributed by atoms with Crippen LogP contribution in [0.4, 0.5) is 53.3 Å². The van der Waals surface area contributed by atoms with E-state index < -0.39 is 44.2 Å². The lowest BCUT2D eigenvalue weighted by Gasteiger charge is -2.12. The quantitative estimate of drug-likeness (QED) is 0.0593. The van der Waals surface area contributed by atoms with Crippen molar-refractivity contribution in [2.24, 2.45) is 0 Å². The van der Waals surface area contributed by atoms with Gasteiger partial charge in [-0.25, -0.2) is 45.5 Å². The zero-order chi connectivity index (χ0) is 41.8. The van der Waals surface area contributed by atoms with Gasteiger partial charge in [0.2, 0.25) is 0 Å². The second-order valence-electron chi connectivity index (χ2n) is 12.2. The van der Waals surface area contributed by atoms with Crippen molar-refractivity contribution < 1.29 is 36.0 Å². The number of hydrogen-bond acceptors (Lipinski definition) is 9. The molecule has 0 fully saturated rings. The first-order valence-corrected chi connectivity index (χ1v) is 21.1. The van der Waals surface area contributed by atoms with Crippen LogP contribution in [0, 0.1) is 0 Å². The lowest BCUT2D eigenvalue weighted by Crippen LogP contribution is -2.34. The number of benzene rings is 6. The first-order valence-electron chi connectivity index (χ1n) is 17.3. The fourth-order valence-electron chi connectivity index (χ4n) is 5.14. The minimum Gasteiger partial charge on any atom is -0.308 e. The normalized spacial score (nSPS) is 11.0. The van der Waals surface area contributed by atoms with Crippen LogP contribution in [0.3, 0.4) is 0 Å². The van der Waals surface area contributed by atoms with E-state index in [1.165, 1.54) is 60.3 Å². The first-order chi connectivity index (χ1) is 28.3. The molecule has 0 aliphatic rings. The first kappa shape index (κ1) is 41.3. The van der Waals surface area contributed by atoms with E-state index in [9.17, 15) is 36.0 Å². The van der Waals surface area contributed by atoms with Crippen molar-refractivity contribution in [2.45, 2.75) is 19.6 Å². The van der Waals surface area contributed by atoms with Gasteiger partial charge in [0.1, 0.15) is 0 Å². The minimum absolute atomic E-state index is 0.192. The molecule has 19 heteroatoms. The highest BCUT2D eigenvalue weighted by atomic mass is 32.2. The van der Waals surface area contributed by atoms with E-state index in [1.54, 1.807) is 109 Å². The average molecular weight is 851 g/mol. The van der Waals surface area contributed by atoms with Crippen LogP contribution in [0.2, 0.25) is 0 Å². The predicted octanol–water partition coefficient (Wildman–Crippen LogP) is 8.15. The van der Waals surface area contributed by atoms with Crippen LogP contribution in [0.25, 0.3) is 0 Å². The van der Waals surface area contributed by atoms with Gasteiger partial charge in [-0.05, 0) is 109 Å². The number of para-hydroxylation sites is 2. The van der Waals surface area contributed by atoms with E-state index in [0.717, 1.165) is 9.79 Å². The summed E-state index contributed by atoms with van der Waals surface area (Å²) in [5, 5.41) is 15.3. The van der Waals surface area contributed by atoms with E-state index in [0.29, 0.717) is 22.7 Å². The Kier molecular flexibility index (Phi) is 13.1. The topological polar surface area (TPSA) is 233 Å². The molecule has 0 aliphatic carbocycles. The van der Waals surface area contributed by atoms with Gasteiger partial charge in [-0.2, -0.15) is 0 Å². The molecule has 59 heavy (non-hydrogen) atoms. The molecule has 0 heterocycles. The Bertz CT molecular complexity index is 2500. The molecule has 0 aliphatic heterocycles. The second-order valence-corrected chi connectivity index (χ2v) is 16.7. The van der Waals surface area contributed by atoms with Gasteiger partial charge in [0, 0.05) is 43.9 Å². The van der Waals surface area contributed by atoms with Gasteiger partial charge >= 0.3 is 24.1 Å². The summed E-state index contributed by atoms with van der Waals surface area (Å²) in [7, 11) is -8.61. The van der Waals surface area contributed by atoms with Crippen LogP contribution >= 0.6 is 11.8 Å². The Morgan fingerprint density at radius 2 is 0.644 bits per heavy atom. The van der Waals surface area contributed by atoms with Gasteiger partial charge in [-0.3, -0.25) is 0 Å². The van der Waals surface area contributed by atoms with Crippen LogP contribution in [-0.2, 0) is 20.0 Å². The number of hydrogen-bond donors (Lipinski definition) is 8. The molecule has 6 aromatic carbocycles. The van der Waals surface area contributed by atoms with Gasteiger partial charge in [0.05, 0.1) is 9.79 Å². The lowest BCUT2D eigenvalue weighted by molar-refractivity contribution is 0.255. The maximum atomic E-state index is 12.9. The summed E-state index contributed by atoms with van der Waals surface area (Å²) in [6.45, 7) is 0. The third kappa shape index (κ3) is 12.3.